The number of rotatable bonds is 3. The molecule has 0 atom stereocenters. The third kappa shape index (κ3) is 3.04. The van der Waals surface area contributed by atoms with E-state index in [4.69, 9.17) is 5.84 Å². The minimum absolute atomic E-state index is 0.0294. The first-order valence-electron chi connectivity index (χ1n) is 5.04. The minimum atomic E-state index is -0.173. The SMILES string of the molecule is COC(=O)C1CCC(C(=O)C=NN)CC1. The molecule has 0 unspecified atom stereocenters. The Kier molecular flexibility index (Phi) is 4.27. The molecule has 0 amide bonds. The van der Waals surface area contributed by atoms with Crippen molar-refractivity contribution in [3.63, 3.8) is 0 Å². The lowest BCUT2D eigenvalue weighted by molar-refractivity contribution is -0.147. The van der Waals surface area contributed by atoms with Crippen LogP contribution in [0, 0.1) is 11.8 Å². The lowest BCUT2D eigenvalue weighted by Gasteiger charge is -2.24. The maximum atomic E-state index is 11.4. The summed E-state index contributed by atoms with van der Waals surface area (Å²) >= 11 is 0. The van der Waals surface area contributed by atoms with Gasteiger partial charge in [0.25, 0.3) is 0 Å². The van der Waals surface area contributed by atoms with Gasteiger partial charge in [-0.25, -0.2) is 0 Å². The topological polar surface area (TPSA) is 81.8 Å². The van der Waals surface area contributed by atoms with Gasteiger partial charge in [-0.05, 0) is 25.7 Å². The smallest absolute Gasteiger partial charge is 0.308 e. The van der Waals surface area contributed by atoms with Crippen LogP contribution in [0.3, 0.4) is 0 Å². The highest BCUT2D eigenvalue weighted by molar-refractivity contribution is 6.28. The zero-order valence-corrected chi connectivity index (χ0v) is 8.81. The molecular weight excluding hydrogens is 196 g/mol. The summed E-state index contributed by atoms with van der Waals surface area (Å²) in [4.78, 5) is 22.6. The quantitative estimate of drug-likeness (QED) is 0.319. The van der Waals surface area contributed by atoms with Gasteiger partial charge in [-0.3, -0.25) is 9.59 Å². The number of carbonyl (C=O) groups is 2. The molecule has 0 heterocycles. The van der Waals surface area contributed by atoms with Crippen molar-refractivity contribution in [3.05, 3.63) is 0 Å². The molecule has 1 saturated carbocycles. The summed E-state index contributed by atoms with van der Waals surface area (Å²) in [6, 6.07) is 0. The summed E-state index contributed by atoms with van der Waals surface area (Å²) in [6.07, 6.45) is 4.00. The maximum absolute atomic E-state index is 11.4. The third-order valence-electron chi connectivity index (χ3n) is 2.87. The number of hydrogen-bond donors (Lipinski definition) is 1. The maximum Gasteiger partial charge on any atom is 0.308 e. The van der Waals surface area contributed by atoms with E-state index in [0.29, 0.717) is 25.7 Å². The van der Waals surface area contributed by atoms with E-state index >= 15 is 0 Å². The standard InChI is InChI=1S/C10H16N2O3/c1-15-10(14)8-4-2-7(3-5-8)9(13)6-12-11/h6-8H,2-5,11H2,1H3. The molecule has 1 rings (SSSR count). The monoisotopic (exact) mass is 212 g/mol. The van der Waals surface area contributed by atoms with E-state index in [1.807, 2.05) is 0 Å². The number of nitrogens with zero attached hydrogens (tertiary/aromatic N) is 1. The lowest BCUT2D eigenvalue weighted by atomic mass is 9.80. The number of esters is 1. The Labute approximate surface area is 88.7 Å². The number of hydrazone groups is 1. The van der Waals surface area contributed by atoms with E-state index in [1.54, 1.807) is 0 Å². The van der Waals surface area contributed by atoms with E-state index in [2.05, 4.69) is 9.84 Å². The van der Waals surface area contributed by atoms with Crippen LogP contribution < -0.4 is 5.84 Å². The van der Waals surface area contributed by atoms with Crippen molar-refractivity contribution < 1.29 is 14.3 Å². The van der Waals surface area contributed by atoms with E-state index in [0.717, 1.165) is 6.21 Å². The fourth-order valence-electron chi connectivity index (χ4n) is 1.96. The van der Waals surface area contributed by atoms with Crippen LogP contribution in [0.1, 0.15) is 25.7 Å². The molecule has 1 aliphatic carbocycles. The van der Waals surface area contributed by atoms with E-state index in [-0.39, 0.29) is 23.6 Å². The van der Waals surface area contributed by atoms with E-state index < -0.39 is 0 Å². The molecule has 2 N–H and O–H groups in total. The number of nitrogens with two attached hydrogens (primary N) is 1. The van der Waals surface area contributed by atoms with Crippen LogP contribution in [0.15, 0.2) is 5.10 Å². The second-order valence-corrected chi connectivity index (χ2v) is 3.75. The molecule has 15 heavy (non-hydrogen) atoms. The van der Waals surface area contributed by atoms with Crippen LogP contribution in [0.25, 0.3) is 0 Å². The number of ketones is 1. The highest BCUT2D eigenvalue weighted by Gasteiger charge is 2.29. The molecule has 1 fully saturated rings. The summed E-state index contributed by atoms with van der Waals surface area (Å²) in [7, 11) is 1.39. The third-order valence-corrected chi connectivity index (χ3v) is 2.87. The van der Waals surface area contributed by atoms with Crippen molar-refractivity contribution in [2.45, 2.75) is 25.7 Å². The fraction of sp³-hybridized carbons (Fsp3) is 0.700. The van der Waals surface area contributed by atoms with Gasteiger partial charge < -0.3 is 10.6 Å². The van der Waals surface area contributed by atoms with Gasteiger partial charge >= 0.3 is 5.97 Å². The van der Waals surface area contributed by atoms with Crippen molar-refractivity contribution >= 4 is 18.0 Å². The zero-order valence-electron chi connectivity index (χ0n) is 8.81. The van der Waals surface area contributed by atoms with Crippen LogP contribution in [0.2, 0.25) is 0 Å². The van der Waals surface area contributed by atoms with Crippen molar-refractivity contribution in [1.29, 1.82) is 0 Å². The summed E-state index contributed by atoms with van der Waals surface area (Å²) in [5.41, 5.74) is 0. The summed E-state index contributed by atoms with van der Waals surface area (Å²) in [5, 5.41) is 3.21. The van der Waals surface area contributed by atoms with Crippen molar-refractivity contribution in [1.82, 2.24) is 0 Å². The number of hydrogen-bond acceptors (Lipinski definition) is 5. The van der Waals surface area contributed by atoms with Gasteiger partial charge in [-0.15, -0.1) is 0 Å². The Hall–Kier alpha value is -1.39. The summed E-state index contributed by atoms with van der Waals surface area (Å²) in [6.45, 7) is 0. The second kappa shape index (κ2) is 5.48. The average molecular weight is 212 g/mol. The minimum Gasteiger partial charge on any atom is -0.469 e. The molecule has 0 saturated heterocycles. The number of methoxy groups -OCH3 is 1. The van der Waals surface area contributed by atoms with Crippen LogP contribution >= 0.6 is 0 Å². The molecule has 0 radical (unpaired) electrons. The highest BCUT2D eigenvalue weighted by Crippen LogP contribution is 2.29. The molecule has 1 aliphatic rings. The van der Waals surface area contributed by atoms with Crippen LogP contribution in [-0.4, -0.2) is 25.1 Å². The van der Waals surface area contributed by atoms with E-state index in [1.165, 1.54) is 7.11 Å². The number of carbonyl (C=O) groups excluding carboxylic acids is 2. The predicted octanol–water partition coefficient (Wildman–Crippen LogP) is 0.479. The van der Waals surface area contributed by atoms with Gasteiger partial charge in [0.2, 0.25) is 0 Å². The van der Waals surface area contributed by atoms with Gasteiger partial charge in [0, 0.05) is 5.92 Å². The molecule has 5 nitrogen and oxygen atoms in total. The Bertz CT molecular complexity index is 268. The number of ether oxygens (including phenoxy) is 1. The Morgan fingerprint density at radius 3 is 2.27 bits per heavy atom. The zero-order chi connectivity index (χ0) is 11.3. The lowest BCUT2D eigenvalue weighted by Crippen LogP contribution is -2.27. The molecule has 0 aliphatic heterocycles. The van der Waals surface area contributed by atoms with Crippen molar-refractivity contribution in [3.8, 4) is 0 Å². The summed E-state index contributed by atoms with van der Waals surface area (Å²) < 4.78 is 4.66. The molecule has 0 spiro atoms. The fourth-order valence-corrected chi connectivity index (χ4v) is 1.96. The van der Waals surface area contributed by atoms with Crippen molar-refractivity contribution in [2.24, 2.45) is 22.8 Å². The van der Waals surface area contributed by atoms with Gasteiger partial charge in [0.05, 0.1) is 19.2 Å². The molecule has 0 bridgehead atoms. The van der Waals surface area contributed by atoms with Crippen LogP contribution in [0.5, 0.6) is 0 Å². The highest BCUT2D eigenvalue weighted by atomic mass is 16.5. The average Bonchev–Trinajstić information content (AvgIpc) is 2.28. The first kappa shape index (κ1) is 11.7. The van der Waals surface area contributed by atoms with E-state index in [9.17, 15) is 9.59 Å². The predicted molar refractivity (Wildman–Crippen MR) is 55.2 cm³/mol. The van der Waals surface area contributed by atoms with Crippen molar-refractivity contribution in [2.75, 3.05) is 7.11 Å². The summed E-state index contributed by atoms with van der Waals surface area (Å²) in [5.74, 6) is 4.62. The van der Waals surface area contributed by atoms with Gasteiger partial charge in [0.1, 0.15) is 0 Å². The molecule has 0 aromatic rings. The van der Waals surface area contributed by atoms with Gasteiger partial charge in [-0.1, -0.05) is 0 Å². The second-order valence-electron chi connectivity index (χ2n) is 3.75. The molecular formula is C10H16N2O3. The molecule has 5 heteroatoms. The van der Waals surface area contributed by atoms with Gasteiger partial charge in [0.15, 0.2) is 5.78 Å². The Morgan fingerprint density at radius 2 is 1.80 bits per heavy atom. The first-order chi connectivity index (χ1) is 7.19. The van der Waals surface area contributed by atoms with Crippen LogP contribution in [0.4, 0.5) is 0 Å². The molecule has 0 aromatic carbocycles. The molecule has 84 valence electrons. The largest absolute Gasteiger partial charge is 0.469 e. The normalized spacial score (nSPS) is 26.5. The Balaban J connectivity index is 2.42. The number of Topliss-reactive ketones (excluding diaryl/α,β-unsaturated/α-hetero) is 1. The first-order valence-corrected chi connectivity index (χ1v) is 5.04. The Morgan fingerprint density at radius 1 is 1.27 bits per heavy atom. The van der Waals surface area contributed by atoms with Crippen LogP contribution in [-0.2, 0) is 14.3 Å². The molecule has 0 aromatic heterocycles. The van der Waals surface area contributed by atoms with Gasteiger partial charge in [-0.2, -0.15) is 5.10 Å².